The van der Waals surface area contributed by atoms with E-state index in [2.05, 4.69) is 26.7 Å². The lowest BCUT2D eigenvalue weighted by atomic mass is 10.00. The third kappa shape index (κ3) is 5.47. The predicted octanol–water partition coefficient (Wildman–Crippen LogP) is 4.10. The Morgan fingerprint density at radius 1 is 1.00 bits per heavy atom. The summed E-state index contributed by atoms with van der Waals surface area (Å²) >= 11 is 0. The van der Waals surface area contributed by atoms with Crippen molar-refractivity contribution in [3.8, 4) is 0 Å². The lowest BCUT2D eigenvalue weighted by Gasteiger charge is -2.39. The number of amides is 1. The van der Waals surface area contributed by atoms with Crippen molar-refractivity contribution in [3.63, 3.8) is 0 Å². The van der Waals surface area contributed by atoms with Gasteiger partial charge in [0.25, 0.3) is 5.91 Å². The molecule has 2 atom stereocenters. The Kier molecular flexibility index (Phi) is 7.74. The first-order chi connectivity index (χ1) is 15.7. The Labute approximate surface area is 192 Å². The normalized spacial score (nSPS) is 22.1. The van der Waals surface area contributed by atoms with Gasteiger partial charge in [-0.2, -0.15) is 0 Å². The summed E-state index contributed by atoms with van der Waals surface area (Å²) in [4.78, 5) is 28.8. The molecule has 2 aromatic rings. The van der Waals surface area contributed by atoms with Gasteiger partial charge in [0.05, 0.1) is 0 Å². The summed E-state index contributed by atoms with van der Waals surface area (Å²) in [5.41, 5.74) is 0.791. The van der Waals surface area contributed by atoms with Gasteiger partial charge < -0.3 is 14.7 Å². The van der Waals surface area contributed by atoms with E-state index in [-0.39, 0.29) is 5.91 Å². The first-order valence-corrected chi connectivity index (χ1v) is 12.2. The second kappa shape index (κ2) is 10.9. The molecule has 1 amide bonds. The minimum atomic E-state index is 0.149. The van der Waals surface area contributed by atoms with Crippen LogP contribution in [0.1, 0.15) is 55.8 Å². The Bertz CT molecular complexity index is 838. The molecule has 172 valence electrons. The molecule has 1 saturated heterocycles. The van der Waals surface area contributed by atoms with Crippen molar-refractivity contribution >= 4 is 11.9 Å². The van der Waals surface area contributed by atoms with Crippen LogP contribution in [0.5, 0.6) is 0 Å². The van der Waals surface area contributed by atoms with Crippen LogP contribution in [0.2, 0.25) is 0 Å². The Hall–Kier alpha value is -2.47. The summed E-state index contributed by atoms with van der Waals surface area (Å²) in [6, 6.07) is 12.4. The van der Waals surface area contributed by atoms with Crippen LogP contribution in [-0.4, -0.2) is 71.0 Å². The molecule has 0 radical (unpaired) electrons. The van der Waals surface area contributed by atoms with Crippen LogP contribution >= 0.6 is 0 Å². The van der Waals surface area contributed by atoms with Gasteiger partial charge in [0.1, 0.15) is 0 Å². The van der Waals surface area contributed by atoms with Gasteiger partial charge in [-0.15, -0.1) is 0 Å². The molecular formula is C26H37N5O. The van der Waals surface area contributed by atoms with E-state index in [1.807, 2.05) is 60.7 Å². The van der Waals surface area contributed by atoms with Gasteiger partial charge in [0.2, 0.25) is 5.95 Å². The van der Waals surface area contributed by atoms with E-state index in [1.165, 1.54) is 19.3 Å². The van der Waals surface area contributed by atoms with Crippen LogP contribution in [-0.2, 0) is 0 Å². The van der Waals surface area contributed by atoms with E-state index in [4.69, 9.17) is 0 Å². The van der Waals surface area contributed by atoms with Crippen molar-refractivity contribution in [1.82, 2.24) is 19.8 Å². The molecule has 1 saturated carbocycles. The topological polar surface area (TPSA) is 52.6 Å². The number of carbonyl (C=O) groups excluding carboxylic acids is 1. The minimum absolute atomic E-state index is 0.149. The van der Waals surface area contributed by atoms with Gasteiger partial charge in [0.15, 0.2) is 0 Å². The number of rotatable bonds is 8. The van der Waals surface area contributed by atoms with E-state index < -0.39 is 0 Å². The summed E-state index contributed by atoms with van der Waals surface area (Å²) in [5.74, 6) is 1.71. The maximum atomic E-state index is 12.8. The summed E-state index contributed by atoms with van der Waals surface area (Å²) in [5, 5.41) is 0. The molecule has 1 aliphatic carbocycles. The lowest BCUT2D eigenvalue weighted by Crippen LogP contribution is -2.47. The zero-order chi connectivity index (χ0) is 22.3. The molecule has 2 aliphatic rings. The van der Waals surface area contributed by atoms with Gasteiger partial charge in [-0.05, 0) is 62.6 Å². The molecule has 6 nitrogen and oxygen atoms in total. The molecule has 0 N–H and O–H groups in total. The number of aromatic nitrogens is 2. The number of hydrogen-bond donors (Lipinski definition) is 0. The molecule has 2 heterocycles. The maximum absolute atomic E-state index is 12.8. The second-order valence-corrected chi connectivity index (χ2v) is 9.39. The monoisotopic (exact) mass is 435 g/mol. The molecule has 2 unspecified atom stereocenters. The molecule has 0 spiro atoms. The van der Waals surface area contributed by atoms with E-state index in [0.717, 1.165) is 57.0 Å². The summed E-state index contributed by atoms with van der Waals surface area (Å²) in [7, 11) is 1.97. The first kappa shape index (κ1) is 22.7. The molecule has 32 heavy (non-hydrogen) atoms. The summed E-state index contributed by atoms with van der Waals surface area (Å²) in [6.07, 6.45) is 10.6. The predicted molar refractivity (Wildman–Crippen MR) is 129 cm³/mol. The fourth-order valence-electron chi connectivity index (χ4n) is 5.42. The van der Waals surface area contributed by atoms with E-state index in [0.29, 0.717) is 18.0 Å². The number of nitrogens with zero attached hydrogens (tertiary/aromatic N) is 5. The van der Waals surface area contributed by atoms with Gasteiger partial charge in [0, 0.05) is 63.3 Å². The SMILES string of the molecule is CCCN(c1ncccn1)C1CCN(CC2CCC(N(C)C(=O)c3ccccc3)C2)CC1. The molecular weight excluding hydrogens is 398 g/mol. The van der Waals surface area contributed by atoms with Crippen LogP contribution in [0.25, 0.3) is 0 Å². The van der Waals surface area contributed by atoms with E-state index in [1.54, 1.807) is 0 Å². The number of piperidine rings is 1. The standard InChI is InChI=1S/C26H37N5O/c1-3-16-31(26-27-14-7-15-28-26)23-12-17-30(18-13-23)20-21-10-11-24(19-21)29(2)25(32)22-8-5-4-6-9-22/h4-9,14-15,21,23-24H,3,10-13,16-20H2,1-2H3. The molecule has 1 aromatic heterocycles. The first-order valence-electron chi connectivity index (χ1n) is 12.2. The summed E-state index contributed by atoms with van der Waals surface area (Å²) < 4.78 is 0. The zero-order valence-electron chi connectivity index (χ0n) is 19.6. The lowest BCUT2D eigenvalue weighted by molar-refractivity contribution is 0.0729. The second-order valence-electron chi connectivity index (χ2n) is 9.39. The van der Waals surface area contributed by atoms with Gasteiger partial charge in [-0.25, -0.2) is 9.97 Å². The number of benzene rings is 1. The van der Waals surface area contributed by atoms with Crippen LogP contribution in [0.3, 0.4) is 0 Å². The van der Waals surface area contributed by atoms with Gasteiger partial charge >= 0.3 is 0 Å². The number of carbonyl (C=O) groups is 1. The minimum Gasteiger partial charge on any atom is -0.339 e. The quantitative estimate of drug-likeness (QED) is 0.625. The summed E-state index contributed by atoms with van der Waals surface area (Å²) in [6.45, 7) is 6.67. The number of anilines is 1. The third-order valence-corrected chi connectivity index (χ3v) is 7.19. The van der Waals surface area contributed by atoms with Crippen molar-refractivity contribution in [2.24, 2.45) is 5.92 Å². The van der Waals surface area contributed by atoms with Crippen molar-refractivity contribution < 1.29 is 4.79 Å². The fraction of sp³-hybridized carbons (Fsp3) is 0.577. The molecule has 2 fully saturated rings. The average Bonchev–Trinajstić information content (AvgIpc) is 3.32. The van der Waals surface area contributed by atoms with E-state index >= 15 is 0 Å². The van der Waals surface area contributed by atoms with Crippen LogP contribution in [0, 0.1) is 5.92 Å². The highest BCUT2D eigenvalue weighted by atomic mass is 16.2. The maximum Gasteiger partial charge on any atom is 0.253 e. The van der Waals surface area contributed by atoms with Crippen molar-refractivity contribution in [1.29, 1.82) is 0 Å². The highest BCUT2D eigenvalue weighted by Gasteiger charge is 2.33. The molecule has 6 heteroatoms. The Balaban J connectivity index is 1.25. The molecule has 0 bridgehead atoms. The van der Waals surface area contributed by atoms with Crippen molar-refractivity contribution in [2.75, 3.05) is 38.1 Å². The van der Waals surface area contributed by atoms with Gasteiger partial charge in [-0.1, -0.05) is 25.1 Å². The number of hydrogen-bond acceptors (Lipinski definition) is 5. The Morgan fingerprint density at radius 2 is 1.72 bits per heavy atom. The van der Waals surface area contributed by atoms with Crippen molar-refractivity contribution in [2.45, 2.75) is 57.5 Å². The largest absolute Gasteiger partial charge is 0.339 e. The van der Waals surface area contributed by atoms with Crippen molar-refractivity contribution in [3.05, 3.63) is 54.4 Å². The highest BCUT2D eigenvalue weighted by Crippen LogP contribution is 2.31. The Morgan fingerprint density at radius 3 is 2.41 bits per heavy atom. The van der Waals surface area contributed by atoms with Crippen LogP contribution in [0.15, 0.2) is 48.8 Å². The molecule has 1 aromatic carbocycles. The number of likely N-dealkylation sites (tertiary alicyclic amines) is 1. The smallest absolute Gasteiger partial charge is 0.253 e. The molecule has 1 aliphatic heterocycles. The fourth-order valence-corrected chi connectivity index (χ4v) is 5.42. The van der Waals surface area contributed by atoms with Gasteiger partial charge in [-0.3, -0.25) is 4.79 Å². The van der Waals surface area contributed by atoms with Crippen LogP contribution < -0.4 is 4.90 Å². The van der Waals surface area contributed by atoms with E-state index in [9.17, 15) is 4.79 Å². The highest BCUT2D eigenvalue weighted by molar-refractivity contribution is 5.94. The molecule has 4 rings (SSSR count). The average molecular weight is 436 g/mol. The zero-order valence-corrected chi connectivity index (χ0v) is 19.6. The van der Waals surface area contributed by atoms with Crippen LogP contribution in [0.4, 0.5) is 5.95 Å². The third-order valence-electron chi connectivity index (χ3n) is 7.19.